The van der Waals surface area contributed by atoms with Crippen LogP contribution in [0.3, 0.4) is 0 Å². The highest BCUT2D eigenvalue weighted by Gasteiger charge is 2.54. The molecule has 1 aromatic rings. The van der Waals surface area contributed by atoms with E-state index in [1.807, 2.05) is 7.11 Å². The summed E-state index contributed by atoms with van der Waals surface area (Å²) in [6, 6.07) is 8.65. The Balaban J connectivity index is 1.70. The van der Waals surface area contributed by atoms with Gasteiger partial charge in [-0.05, 0) is 68.4 Å². The zero-order valence-corrected chi connectivity index (χ0v) is 14.8. The molecule has 24 heavy (non-hydrogen) atoms. The Morgan fingerprint density at radius 3 is 2.58 bits per heavy atom. The third-order valence-corrected chi connectivity index (χ3v) is 6.26. The number of aryl methyl sites for hydroxylation is 1. The van der Waals surface area contributed by atoms with Crippen LogP contribution in [0.4, 0.5) is 0 Å². The van der Waals surface area contributed by atoms with Crippen molar-refractivity contribution in [2.75, 3.05) is 20.3 Å². The van der Waals surface area contributed by atoms with Crippen LogP contribution >= 0.6 is 0 Å². The monoisotopic (exact) mass is 328 g/mol. The van der Waals surface area contributed by atoms with E-state index in [2.05, 4.69) is 31.2 Å². The first kappa shape index (κ1) is 16.2. The molecule has 4 aliphatic rings. The van der Waals surface area contributed by atoms with Crippen LogP contribution in [0.5, 0.6) is 0 Å². The standard InChI is InChI=1S/C21H28O3/c1-14-4-3-5-16(8-14)20(23-2)19-17-9-15-10-18(19)13-21(11-15,12-17)24-7-6-22/h3-5,8,15,17-18,22H,6-7,9-13H2,1-2H3. The van der Waals surface area contributed by atoms with E-state index >= 15 is 0 Å². The molecular formula is C21H28O3. The lowest BCUT2D eigenvalue weighted by molar-refractivity contribution is -0.149. The predicted molar refractivity (Wildman–Crippen MR) is 94.4 cm³/mol. The van der Waals surface area contributed by atoms with Gasteiger partial charge in [0, 0.05) is 5.56 Å². The second-order valence-corrected chi connectivity index (χ2v) is 7.96. The normalized spacial score (nSPS) is 33.8. The molecule has 1 aromatic carbocycles. The summed E-state index contributed by atoms with van der Waals surface area (Å²) in [4.78, 5) is 0. The lowest BCUT2D eigenvalue weighted by atomic mass is 9.52. The van der Waals surface area contributed by atoms with E-state index in [1.165, 1.54) is 36.0 Å². The van der Waals surface area contributed by atoms with Crippen molar-refractivity contribution in [3.63, 3.8) is 0 Å². The van der Waals surface area contributed by atoms with Gasteiger partial charge in [0.05, 0.1) is 25.9 Å². The van der Waals surface area contributed by atoms with Crippen molar-refractivity contribution in [1.82, 2.24) is 0 Å². The second-order valence-electron chi connectivity index (χ2n) is 7.96. The number of benzene rings is 1. The fourth-order valence-electron chi connectivity index (χ4n) is 5.71. The molecule has 0 aliphatic heterocycles. The van der Waals surface area contributed by atoms with Gasteiger partial charge in [-0.2, -0.15) is 0 Å². The Hall–Kier alpha value is -1.32. The van der Waals surface area contributed by atoms with Crippen molar-refractivity contribution in [3.05, 3.63) is 41.0 Å². The fraction of sp³-hybridized carbons (Fsp3) is 0.619. The summed E-state index contributed by atoms with van der Waals surface area (Å²) in [5, 5.41) is 9.17. The number of hydrogen-bond acceptors (Lipinski definition) is 3. The molecule has 4 fully saturated rings. The summed E-state index contributed by atoms with van der Waals surface area (Å²) < 4.78 is 12.1. The van der Waals surface area contributed by atoms with Gasteiger partial charge in [0.15, 0.2) is 0 Å². The predicted octanol–water partition coefficient (Wildman–Crippen LogP) is 3.94. The molecule has 0 aromatic heterocycles. The third-order valence-electron chi connectivity index (χ3n) is 6.26. The molecule has 4 bridgehead atoms. The largest absolute Gasteiger partial charge is 0.496 e. The quantitative estimate of drug-likeness (QED) is 0.832. The van der Waals surface area contributed by atoms with Gasteiger partial charge in [-0.1, -0.05) is 23.8 Å². The highest BCUT2D eigenvalue weighted by atomic mass is 16.5. The van der Waals surface area contributed by atoms with Crippen LogP contribution in [0.2, 0.25) is 0 Å². The Labute approximate surface area is 144 Å². The van der Waals surface area contributed by atoms with Crippen LogP contribution in [-0.4, -0.2) is 31.0 Å². The first-order valence-corrected chi connectivity index (χ1v) is 9.24. The van der Waals surface area contributed by atoms with E-state index in [0.29, 0.717) is 18.4 Å². The van der Waals surface area contributed by atoms with Gasteiger partial charge in [-0.15, -0.1) is 0 Å². The number of aliphatic hydroxyl groups excluding tert-OH is 1. The third kappa shape index (κ3) is 2.68. The second kappa shape index (κ2) is 6.20. The molecule has 2 atom stereocenters. The molecule has 1 N–H and O–H groups in total. The summed E-state index contributed by atoms with van der Waals surface area (Å²) in [6.45, 7) is 2.73. The molecule has 4 aliphatic carbocycles. The van der Waals surface area contributed by atoms with Gasteiger partial charge < -0.3 is 14.6 Å². The molecule has 4 saturated carbocycles. The topological polar surface area (TPSA) is 38.7 Å². The molecule has 0 radical (unpaired) electrons. The van der Waals surface area contributed by atoms with Crippen LogP contribution in [0.1, 0.15) is 43.2 Å². The Morgan fingerprint density at radius 1 is 1.21 bits per heavy atom. The smallest absolute Gasteiger partial charge is 0.125 e. The molecule has 3 nitrogen and oxygen atoms in total. The lowest BCUT2D eigenvalue weighted by Gasteiger charge is -2.57. The van der Waals surface area contributed by atoms with Gasteiger partial charge >= 0.3 is 0 Å². The van der Waals surface area contributed by atoms with Crippen molar-refractivity contribution in [2.24, 2.45) is 17.8 Å². The SMILES string of the molecule is COC(=C1C2CC3CC1CC(OCCO)(C3)C2)c1cccc(C)c1. The molecule has 130 valence electrons. The average molecular weight is 328 g/mol. The maximum absolute atomic E-state index is 9.17. The lowest BCUT2D eigenvalue weighted by Crippen LogP contribution is -2.53. The van der Waals surface area contributed by atoms with Crippen LogP contribution < -0.4 is 0 Å². The number of aliphatic hydroxyl groups is 1. The summed E-state index contributed by atoms with van der Waals surface area (Å²) in [5.41, 5.74) is 4.02. The van der Waals surface area contributed by atoms with Crippen LogP contribution in [0, 0.1) is 24.7 Å². The highest BCUT2D eigenvalue weighted by Crippen LogP contribution is 2.60. The van der Waals surface area contributed by atoms with Crippen LogP contribution in [0.25, 0.3) is 5.76 Å². The molecule has 2 unspecified atom stereocenters. The molecule has 0 saturated heterocycles. The Bertz CT molecular complexity index is 630. The van der Waals surface area contributed by atoms with Gasteiger partial charge in [0.25, 0.3) is 0 Å². The van der Waals surface area contributed by atoms with Crippen molar-refractivity contribution in [3.8, 4) is 0 Å². The summed E-state index contributed by atoms with van der Waals surface area (Å²) in [5.74, 6) is 3.03. The number of ether oxygens (including phenoxy) is 2. The number of methoxy groups -OCH3 is 1. The van der Waals surface area contributed by atoms with E-state index in [9.17, 15) is 0 Å². The van der Waals surface area contributed by atoms with Crippen LogP contribution in [-0.2, 0) is 9.47 Å². The Morgan fingerprint density at radius 2 is 1.96 bits per heavy atom. The first-order valence-electron chi connectivity index (χ1n) is 9.24. The van der Waals surface area contributed by atoms with Crippen molar-refractivity contribution in [1.29, 1.82) is 0 Å². The Kier molecular flexibility index (Phi) is 4.17. The first-order chi connectivity index (χ1) is 11.6. The summed E-state index contributed by atoms with van der Waals surface area (Å²) in [7, 11) is 1.81. The number of rotatable bonds is 5. The van der Waals surface area contributed by atoms with Gasteiger partial charge in [0.1, 0.15) is 5.76 Å². The maximum Gasteiger partial charge on any atom is 0.125 e. The summed E-state index contributed by atoms with van der Waals surface area (Å²) in [6.07, 6.45) is 5.91. The molecule has 0 spiro atoms. The molecule has 0 heterocycles. The molecular weight excluding hydrogens is 300 g/mol. The molecule has 5 rings (SSSR count). The van der Waals surface area contributed by atoms with Gasteiger partial charge in [0.2, 0.25) is 0 Å². The number of hydrogen-bond donors (Lipinski definition) is 1. The maximum atomic E-state index is 9.17. The van der Waals surface area contributed by atoms with Crippen molar-refractivity contribution in [2.45, 2.75) is 44.6 Å². The van der Waals surface area contributed by atoms with E-state index in [0.717, 1.165) is 24.5 Å². The van der Waals surface area contributed by atoms with Gasteiger partial charge in [-0.25, -0.2) is 0 Å². The average Bonchev–Trinajstić information content (AvgIpc) is 2.55. The van der Waals surface area contributed by atoms with E-state index in [-0.39, 0.29) is 12.2 Å². The van der Waals surface area contributed by atoms with E-state index in [4.69, 9.17) is 14.6 Å². The fourth-order valence-corrected chi connectivity index (χ4v) is 5.71. The molecule has 0 amide bonds. The zero-order chi connectivity index (χ0) is 16.7. The minimum absolute atomic E-state index is 0.00812. The molecule has 3 heteroatoms. The minimum atomic E-state index is 0.00812. The summed E-state index contributed by atoms with van der Waals surface area (Å²) >= 11 is 0. The number of allylic oxidation sites excluding steroid dienone is 1. The van der Waals surface area contributed by atoms with E-state index in [1.54, 1.807) is 0 Å². The van der Waals surface area contributed by atoms with Crippen LogP contribution in [0.15, 0.2) is 29.8 Å². The van der Waals surface area contributed by atoms with Crippen molar-refractivity contribution >= 4 is 5.76 Å². The van der Waals surface area contributed by atoms with Crippen molar-refractivity contribution < 1.29 is 14.6 Å². The van der Waals surface area contributed by atoms with Gasteiger partial charge in [-0.3, -0.25) is 0 Å². The van der Waals surface area contributed by atoms with E-state index < -0.39 is 0 Å². The zero-order valence-electron chi connectivity index (χ0n) is 14.8. The minimum Gasteiger partial charge on any atom is -0.496 e. The highest BCUT2D eigenvalue weighted by molar-refractivity contribution is 5.65.